The van der Waals surface area contributed by atoms with E-state index < -0.39 is 0 Å². The Hall–Kier alpha value is -2.17. The number of nitrogens with one attached hydrogen (secondary N) is 1. The highest BCUT2D eigenvalue weighted by Gasteiger charge is 2.22. The normalized spacial score (nSPS) is 16.7. The second kappa shape index (κ2) is 8.28. The van der Waals surface area contributed by atoms with E-state index in [1.165, 1.54) is 36.8 Å². The molecule has 25 heavy (non-hydrogen) atoms. The first-order chi connectivity index (χ1) is 12.2. The lowest BCUT2D eigenvalue weighted by Crippen LogP contribution is -2.43. The predicted octanol–water partition coefficient (Wildman–Crippen LogP) is 3.66. The van der Waals surface area contributed by atoms with Crippen molar-refractivity contribution < 1.29 is 14.3 Å². The number of rotatable bonds is 5. The van der Waals surface area contributed by atoms with Gasteiger partial charge in [0.1, 0.15) is 0 Å². The summed E-state index contributed by atoms with van der Waals surface area (Å²) in [6.45, 7) is 2.07. The highest BCUT2D eigenvalue weighted by Crippen LogP contribution is 2.33. The summed E-state index contributed by atoms with van der Waals surface area (Å²) >= 11 is 0. The second-order valence-electron chi connectivity index (χ2n) is 6.74. The van der Waals surface area contributed by atoms with E-state index >= 15 is 0 Å². The van der Waals surface area contributed by atoms with Crippen LogP contribution < -0.4 is 14.8 Å². The number of allylic oxidation sites excluding steroid dienone is 1. The Balaban J connectivity index is 1.56. The molecule has 0 unspecified atom stereocenters. The molecular formula is C20H28N2O3. The first-order valence-corrected chi connectivity index (χ1v) is 9.15. The molecule has 1 aliphatic carbocycles. The zero-order valence-electron chi connectivity index (χ0n) is 15.3. The fourth-order valence-electron chi connectivity index (χ4n) is 3.63. The number of urea groups is 1. The molecule has 136 valence electrons. The van der Waals surface area contributed by atoms with Crippen LogP contribution in [0.5, 0.6) is 11.5 Å². The van der Waals surface area contributed by atoms with Crippen molar-refractivity contribution in [2.45, 2.75) is 45.1 Å². The van der Waals surface area contributed by atoms with Crippen molar-refractivity contribution in [3.8, 4) is 11.5 Å². The van der Waals surface area contributed by atoms with Crippen LogP contribution in [0.4, 0.5) is 4.79 Å². The minimum absolute atomic E-state index is 0.0249. The molecule has 1 aromatic carbocycles. The molecule has 1 N–H and O–H groups in total. The van der Waals surface area contributed by atoms with E-state index in [4.69, 9.17) is 9.47 Å². The molecule has 0 bridgehead atoms. The lowest BCUT2D eigenvalue weighted by molar-refractivity contribution is 0.192. The van der Waals surface area contributed by atoms with Gasteiger partial charge in [0.05, 0.1) is 14.2 Å². The maximum absolute atomic E-state index is 12.5. The minimum atomic E-state index is 0.0249. The molecule has 0 saturated heterocycles. The number of amides is 2. The van der Waals surface area contributed by atoms with Gasteiger partial charge in [0.15, 0.2) is 11.5 Å². The van der Waals surface area contributed by atoms with Crippen LogP contribution in [0, 0.1) is 0 Å². The Bertz CT molecular complexity index is 655. The van der Waals surface area contributed by atoms with Gasteiger partial charge >= 0.3 is 6.03 Å². The largest absolute Gasteiger partial charge is 0.493 e. The summed E-state index contributed by atoms with van der Waals surface area (Å²) in [6, 6.07) is 4.04. The molecule has 0 fully saturated rings. The van der Waals surface area contributed by atoms with Crippen LogP contribution in [0.1, 0.15) is 43.2 Å². The van der Waals surface area contributed by atoms with Gasteiger partial charge in [0, 0.05) is 19.6 Å². The first kappa shape index (κ1) is 17.6. The molecule has 2 amide bonds. The molecule has 1 aromatic rings. The Morgan fingerprint density at radius 3 is 2.56 bits per heavy atom. The van der Waals surface area contributed by atoms with Gasteiger partial charge in [0.2, 0.25) is 0 Å². The average molecular weight is 344 g/mol. The van der Waals surface area contributed by atoms with Crippen molar-refractivity contribution >= 4 is 6.03 Å². The number of ether oxygens (including phenoxy) is 2. The van der Waals surface area contributed by atoms with Crippen LogP contribution in [-0.4, -0.2) is 38.2 Å². The molecule has 0 aromatic heterocycles. The van der Waals surface area contributed by atoms with Crippen LogP contribution in [0.3, 0.4) is 0 Å². The van der Waals surface area contributed by atoms with Gasteiger partial charge < -0.3 is 19.7 Å². The molecule has 1 heterocycles. The number of fused-ring (bicyclic) bond motifs is 1. The fourth-order valence-corrected chi connectivity index (χ4v) is 3.63. The summed E-state index contributed by atoms with van der Waals surface area (Å²) < 4.78 is 10.7. The molecule has 0 radical (unpaired) electrons. The number of methoxy groups -OCH3 is 2. The van der Waals surface area contributed by atoms with Crippen molar-refractivity contribution in [1.82, 2.24) is 10.2 Å². The van der Waals surface area contributed by atoms with Crippen molar-refractivity contribution in [3.63, 3.8) is 0 Å². The van der Waals surface area contributed by atoms with Gasteiger partial charge in [-0.15, -0.1) is 0 Å². The lowest BCUT2D eigenvalue weighted by atomic mass is 9.97. The molecule has 1 aliphatic heterocycles. The molecule has 2 aliphatic rings. The molecule has 0 spiro atoms. The van der Waals surface area contributed by atoms with Gasteiger partial charge in [-0.25, -0.2) is 4.79 Å². The average Bonchev–Trinajstić information content (AvgIpc) is 2.67. The summed E-state index contributed by atoms with van der Waals surface area (Å²) in [5.41, 5.74) is 3.86. The highest BCUT2D eigenvalue weighted by molar-refractivity contribution is 5.74. The maximum atomic E-state index is 12.5. The minimum Gasteiger partial charge on any atom is -0.493 e. The number of carbonyl (C=O) groups is 1. The first-order valence-electron chi connectivity index (χ1n) is 9.15. The van der Waals surface area contributed by atoms with E-state index in [0.29, 0.717) is 12.3 Å². The number of benzene rings is 1. The smallest absolute Gasteiger partial charge is 0.317 e. The topological polar surface area (TPSA) is 50.8 Å². The van der Waals surface area contributed by atoms with Gasteiger partial charge in [-0.3, -0.25) is 0 Å². The zero-order valence-corrected chi connectivity index (χ0v) is 15.3. The van der Waals surface area contributed by atoms with Gasteiger partial charge in [-0.05, 0) is 61.8 Å². The Labute approximate surface area is 150 Å². The zero-order chi connectivity index (χ0) is 17.6. The molecule has 3 rings (SSSR count). The fraction of sp³-hybridized carbons (Fsp3) is 0.550. The molecule has 0 atom stereocenters. The lowest BCUT2D eigenvalue weighted by Gasteiger charge is -2.29. The Kier molecular flexibility index (Phi) is 5.84. The van der Waals surface area contributed by atoms with Crippen LogP contribution in [0.25, 0.3) is 0 Å². The van der Waals surface area contributed by atoms with Crippen molar-refractivity contribution in [3.05, 3.63) is 34.9 Å². The third kappa shape index (κ3) is 4.27. The van der Waals surface area contributed by atoms with Crippen LogP contribution in [0.2, 0.25) is 0 Å². The number of nitrogens with zero attached hydrogens (tertiary/aromatic N) is 1. The van der Waals surface area contributed by atoms with Gasteiger partial charge in [-0.2, -0.15) is 0 Å². The Morgan fingerprint density at radius 2 is 1.88 bits per heavy atom. The van der Waals surface area contributed by atoms with E-state index in [2.05, 4.69) is 11.4 Å². The van der Waals surface area contributed by atoms with Crippen molar-refractivity contribution in [1.29, 1.82) is 0 Å². The van der Waals surface area contributed by atoms with Crippen LogP contribution >= 0.6 is 0 Å². The predicted molar refractivity (Wildman–Crippen MR) is 98.2 cm³/mol. The van der Waals surface area contributed by atoms with E-state index in [-0.39, 0.29) is 6.03 Å². The van der Waals surface area contributed by atoms with Gasteiger partial charge in [-0.1, -0.05) is 11.6 Å². The molecular weight excluding hydrogens is 316 g/mol. The third-order valence-corrected chi connectivity index (χ3v) is 5.11. The standard InChI is InChI=1S/C20H28N2O3/c1-24-18-12-16-9-11-22(14-17(16)13-19(18)25-2)20(23)21-10-8-15-6-4-3-5-7-15/h6,12-13H,3-5,7-11,14H2,1-2H3,(H,21,23). The summed E-state index contributed by atoms with van der Waals surface area (Å²) in [4.78, 5) is 14.3. The van der Waals surface area contributed by atoms with Gasteiger partial charge in [0.25, 0.3) is 0 Å². The SMILES string of the molecule is COc1cc2c(cc1OC)CN(C(=O)NCCC1=CCCCC1)CC2. The monoisotopic (exact) mass is 344 g/mol. The number of hydrogen-bond acceptors (Lipinski definition) is 3. The summed E-state index contributed by atoms with van der Waals surface area (Å²) in [5.74, 6) is 1.47. The molecule has 0 saturated carbocycles. The second-order valence-corrected chi connectivity index (χ2v) is 6.74. The summed E-state index contributed by atoms with van der Waals surface area (Å²) in [7, 11) is 3.28. The third-order valence-electron chi connectivity index (χ3n) is 5.11. The summed E-state index contributed by atoms with van der Waals surface area (Å²) in [6.07, 6.45) is 9.12. The van der Waals surface area contributed by atoms with Crippen LogP contribution in [-0.2, 0) is 13.0 Å². The van der Waals surface area contributed by atoms with E-state index in [1.54, 1.807) is 14.2 Å². The maximum Gasteiger partial charge on any atom is 0.317 e. The van der Waals surface area contributed by atoms with E-state index in [9.17, 15) is 4.79 Å². The van der Waals surface area contributed by atoms with Crippen molar-refractivity contribution in [2.24, 2.45) is 0 Å². The van der Waals surface area contributed by atoms with E-state index in [0.717, 1.165) is 37.2 Å². The van der Waals surface area contributed by atoms with E-state index in [1.807, 2.05) is 17.0 Å². The number of hydrogen-bond donors (Lipinski definition) is 1. The molecule has 5 nitrogen and oxygen atoms in total. The summed E-state index contributed by atoms with van der Waals surface area (Å²) in [5, 5.41) is 3.07. The Morgan fingerprint density at radius 1 is 1.12 bits per heavy atom. The number of carbonyl (C=O) groups excluding carboxylic acids is 1. The highest BCUT2D eigenvalue weighted by atomic mass is 16.5. The van der Waals surface area contributed by atoms with Crippen molar-refractivity contribution in [2.75, 3.05) is 27.3 Å². The van der Waals surface area contributed by atoms with Crippen LogP contribution in [0.15, 0.2) is 23.8 Å². The quantitative estimate of drug-likeness (QED) is 0.829. The molecule has 5 heteroatoms.